The van der Waals surface area contributed by atoms with Gasteiger partial charge in [0.1, 0.15) is 0 Å². The van der Waals surface area contributed by atoms with Crippen LogP contribution < -0.4 is 0 Å². The van der Waals surface area contributed by atoms with Gasteiger partial charge in [-0.2, -0.15) is 38.5 Å². The second kappa shape index (κ2) is 17.6. The van der Waals surface area contributed by atoms with Crippen molar-refractivity contribution in [2.75, 3.05) is 0 Å². The Kier molecular flexibility index (Phi) is 16.4. The van der Waals surface area contributed by atoms with E-state index in [0.717, 1.165) is 79.2 Å². The summed E-state index contributed by atoms with van der Waals surface area (Å²) in [6.45, 7) is 7.08. The Bertz CT molecular complexity index is 1660. The molecular formula is C38H36F6SiZr-6. The Morgan fingerprint density at radius 2 is 0.804 bits per heavy atom. The van der Waals surface area contributed by atoms with E-state index in [1.54, 1.807) is 0 Å². The molecule has 0 aromatic heterocycles. The van der Waals surface area contributed by atoms with Gasteiger partial charge in [0.15, 0.2) is 0 Å². The molecule has 0 aliphatic rings. The zero-order chi connectivity index (χ0) is 30.7. The molecule has 0 saturated heterocycles. The number of hydrogen-bond donors (Lipinski definition) is 0. The zero-order valence-electron chi connectivity index (χ0n) is 26.7. The third kappa shape index (κ3) is 9.89. The SMILES string of the molecule is Cc1cc2c(-c3ccc(C(F)(F)F)cc3)cccc2[cH-]1.Cc1cc2c(-c3ccc(C(F)(F)F)cc3)cccc2[cH-]1.[CH3-].[CH3-].[CH3-].[CH3-].[Si]=[Zr]. The van der Waals surface area contributed by atoms with Crippen molar-refractivity contribution in [3.05, 3.63) is 161 Å². The Morgan fingerprint density at radius 1 is 0.500 bits per heavy atom. The van der Waals surface area contributed by atoms with Crippen molar-refractivity contribution < 1.29 is 49.7 Å². The van der Waals surface area contributed by atoms with Crippen LogP contribution in [0.2, 0.25) is 0 Å². The first kappa shape index (κ1) is 42.8. The summed E-state index contributed by atoms with van der Waals surface area (Å²) in [5, 5.41) is 4.37. The van der Waals surface area contributed by atoms with Crippen molar-refractivity contribution in [2.45, 2.75) is 26.2 Å². The number of alkyl halides is 6. The van der Waals surface area contributed by atoms with Crippen LogP contribution in [-0.2, 0) is 35.7 Å². The number of halogens is 6. The summed E-state index contributed by atoms with van der Waals surface area (Å²) in [6, 6.07) is 30.6. The van der Waals surface area contributed by atoms with Gasteiger partial charge in [0.05, 0.1) is 11.1 Å². The van der Waals surface area contributed by atoms with Gasteiger partial charge >= 0.3 is 42.6 Å². The minimum absolute atomic E-state index is 0. The summed E-state index contributed by atoms with van der Waals surface area (Å²) in [4.78, 5) is 0. The third-order valence-electron chi connectivity index (χ3n) is 6.84. The molecule has 0 aliphatic carbocycles. The predicted molar refractivity (Wildman–Crippen MR) is 181 cm³/mol. The quantitative estimate of drug-likeness (QED) is 0.0947. The molecule has 0 N–H and O–H groups in total. The van der Waals surface area contributed by atoms with Crippen LogP contribution in [0, 0.1) is 43.6 Å². The van der Waals surface area contributed by atoms with Crippen molar-refractivity contribution in [3.8, 4) is 22.3 Å². The molecule has 0 spiro atoms. The number of benzene rings is 4. The van der Waals surface area contributed by atoms with Crippen LogP contribution in [0.15, 0.2) is 109 Å². The molecule has 0 heterocycles. The number of fused-ring (bicyclic) bond motifs is 2. The van der Waals surface area contributed by atoms with Crippen LogP contribution in [-0.4, -0.2) is 6.88 Å². The molecule has 0 aliphatic heterocycles. The number of hydrogen-bond acceptors (Lipinski definition) is 0. The van der Waals surface area contributed by atoms with Crippen LogP contribution in [0.3, 0.4) is 0 Å². The second-order valence-corrected chi connectivity index (χ2v) is 9.83. The van der Waals surface area contributed by atoms with Gasteiger partial charge in [0.25, 0.3) is 0 Å². The van der Waals surface area contributed by atoms with E-state index in [9.17, 15) is 26.3 Å². The Balaban J connectivity index is 0.000000772. The Hall–Kier alpha value is -3.22. The van der Waals surface area contributed by atoms with Gasteiger partial charge in [-0.3, -0.25) is 0 Å². The molecule has 0 unspecified atom stereocenters. The zero-order valence-corrected chi connectivity index (χ0v) is 30.1. The summed E-state index contributed by atoms with van der Waals surface area (Å²) in [5.74, 6) is 0. The molecule has 0 saturated carbocycles. The maximum atomic E-state index is 12.6. The van der Waals surface area contributed by atoms with Crippen LogP contribution in [0.25, 0.3) is 43.8 Å². The first-order valence-corrected chi connectivity index (χ1v) is 17.0. The molecule has 46 heavy (non-hydrogen) atoms. The van der Waals surface area contributed by atoms with Crippen LogP contribution in [0.1, 0.15) is 22.3 Å². The van der Waals surface area contributed by atoms with Crippen molar-refractivity contribution in [2.24, 2.45) is 0 Å². The molecule has 6 aromatic carbocycles. The van der Waals surface area contributed by atoms with Crippen molar-refractivity contribution >= 4 is 28.4 Å². The molecule has 0 bridgehead atoms. The van der Waals surface area contributed by atoms with E-state index >= 15 is 0 Å². The summed E-state index contributed by atoms with van der Waals surface area (Å²) in [6.07, 6.45) is -8.58. The molecular weight excluding hydrogens is 690 g/mol. The fraction of sp³-hybridized carbons (Fsp3) is 0.105. The molecule has 6 rings (SSSR count). The van der Waals surface area contributed by atoms with E-state index in [-0.39, 0.29) is 29.7 Å². The molecule has 8 heteroatoms. The fourth-order valence-electron chi connectivity index (χ4n) is 4.95. The minimum atomic E-state index is -4.29. The molecule has 244 valence electrons. The number of aryl methyl sites for hydroxylation is 2. The standard InChI is InChI=1S/2C17H12F3.4CH3.Si.Zr/c2*1-11-9-13-3-2-4-15(16(13)10-11)12-5-7-14(8-6-12)17(18,19)20;;;;;;/h2*2-10H,1H3;4*1H3;;/q6*-1;;. The van der Waals surface area contributed by atoms with Gasteiger partial charge in [0, 0.05) is 0 Å². The molecule has 2 radical (unpaired) electrons. The third-order valence-corrected chi connectivity index (χ3v) is 6.84. The number of rotatable bonds is 2. The predicted octanol–water partition coefficient (Wildman–Crippen LogP) is 12.5. The maximum absolute atomic E-state index is 12.6. The summed E-state index contributed by atoms with van der Waals surface area (Å²) in [7, 11) is 0. The summed E-state index contributed by atoms with van der Waals surface area (Å²) < 4.78 is 75.5. The van der Waals surface area contributed by atoms with Crippen molar-refractivity contribution in [1.82, 2.24) is 0 Å². The van der Waals surface area contributed by atoms with E-state index in [1.807, 2.05) is 50.2 Å². The van der Waals surface area contributed by atoms with E-state index in [0.29, 0.717) is 0 Å². The molecule has 6 aromatic rings. The average Bonchev–Trinajstić information content (AvgIpc) is 3.54. The van der Waals surface area contributed by atoms with E-state index in [2.05, 4.69) is 31.1 Å². The second-order valence-electron chi connectivity index (χ2n) is 9.83. The van der Waals surface area contributed by atoms with Gasteiger partial charge in [0.2, 0.25) is 0 Å². The average molecular weight is 726 g/mol. The Morgan fingerprint density at radius 3 is 1.09 bits per heavy atom. The normalized spacial score (nSPS) is 10.5. The van der Waals surface area contributed by atoms with Crippen LogP contribution >= 0.6 is 0 Å². The van der Waals surface area contributed by atoms with E-state index in [4.69, 9.17) is 0 Å². The summed E-state index contributed by atoms with van der Waals surface area (Å²) in [5.41, 5.74) is 4.59. The van der Waals surface area contributed by atoms with Crippen molar-refractivity contribution in [3.63, 3.8) is 0 Å². The van der Waals surface area contributed by atoms with Gasteiger partial charge in [-0.1, -0.05) is 61.4 Å². The van der Waals surface area contributed by atoms with Gasteiger partial charge in [-0.25, -0.2) is 0 Å². The van der Waals surface area contributed by atoms with Gasteiger partial charge in [-0.05, 0) is 35.4 Å². The van der Waals surface area contributed by atoms with Crippen LogP contribution in [0.4, 0.5) is 26.3 Å². The molecule has 0 fully saturated rings. The van der Waals surface area contributed by atoms with Gasteiger partial charge in [-0.15, -0.1) is 69.1 Å². The van der Waals surface area contributed by atoms with Crippen LogP contribution in [0.5, 0.6) is 0 Å². The molecule has 0 atom stereocenters. The molecule has 0 amide bonds. The Labute approximate surface area is 286 Å². The first-order chi connectivity index (χ1) is 19.9. The molecule has 0 nitrogen and oxygen atoms in total. The van der Waals surface area contributed by atoms with Gasteiger partial charge < -0.3 is 29.7 Å². The van der Waals surface area contributed by atoms with E-state index < -0.39 is 23.5 Å². The topological polar surface area (TPSA) is 0 Å². The first-order valence-electron chi connectivity index (χ1n) is 12.8. The monoisotopic (exact) mass is 724 g/mol. The fourth-order valence-corrected chi connectivity index (χ4v) is 4.95. The van der Waals surface area contributed by atoms with Crippen molar-refractivity contribution in [1.29, 1.82) is 0 Å². The van der Waals surface area contributed by atoms with E-state index in [1.165, 1.54) is 47.6 Å². The summed E-state index contributed by atoms with van der Waals surface area (Å²) >= 11 is 1.36.